The van der Waals surface area contributed by atoms with Gasteiger partial charge in [-0.15, -0.1) is 0 Å². The van der Waals surface area contributed by atoms with E-state index in [1.54, 1.807) is 57.2 Å². The molecule has 0 saturated carbocycles. The summed E-state index contributed by atoms with van der Waals surface area (Å²) >= 11 is 0. The molecule has 2 aromatic rings. The van der Waals surface area contributed by atoms with Crippen LogP contribution in [0.25, 0.3) is 0 Å². The molecule has 0 fully saturated rings. The Bertz CT molecular complexity index is 1120. The van der Waals surface area contributed by atoms with Crippen molar-refractivity contribution in [3.8, 4) is 11.5 Å². The van der Waals surface area contributed by atoms with Crippen molar-refractivity contribution in [3.63, 3.8) is 0 Å². The molecule has 2 rings (SSSR count). The fraction of sp³-hybridized carbons (Fsp3) is 0.481. The summed E-state index contributed by atoms with van der Waals surface area (Å²) in [6.07, 6.45) is 1.44. The van der Waals surface area contributed by atoms with Crippen LogP contribution in [0.4, 0.5) is 9.59 Å². The Balaban J connectivity index is 0.000000389. The van der Waals surface area contributed by atoms with Crippen molar-refractivity contribution in [1.29, 1.82) is 0 Å². The highest BCUT2D eigenvalue weighted by Gasteiger charge is 2.16. The summed E-state index contributed by atoms with van der Waals surface area (Å²) in [6, 6.07) is 13.5. The van der Waals surface area contributed by atoms with Gasteiger partial charge in [0.05, 0.1) is 6.26 Å². The second-order valence-electron chi connectivity index (χ2n) is 10.5. The van der Waals surface area contributed by atoms with Crippen molar-refractivity contribution < 1.29 is 36.8 Å². The topological polar surface area (TPSA) is 140 Å². The minimum absolute atomic E-state index is 0.244. The molecule has 0 aliphatic carbocycles. The number of carbonyl (C=O) groups excluding carboxylic acids is 2. The van der Waals surface area contributed by atoms with E-state index < -0.39 is 33.5 Å². The van der Waals surface area contributed by atoms with Crippen LogP contribution in [0.3, 0.4) is 0 Å². The normalized spacial score (nSPS) is 11.4. The molecule has 2 amide bonds. The zero-order valence-electron chi connectivity index (χ0n) is 23.2. The van der Waals surface area contributed by atoms with Gasteiger partial charge in [-0.05, 0) is 89.8 Å². The fourth-order valence-corrected chi connectivity index (χ4v) is 3.26. The number of amides is 2. The number of hydrogen-bond donors (Lipinski definition) is 3. The molecule has 0 spiro atoms. The Labute approximate surface area is 225 Å². The van der Waals surface area contributed by atoms with Crippen LogP contribution in [0.15, 0.2) is 48.5 Å². The van der Waals surface area contributed by atoms with Gasteiger partial charge in [0.25, 0.3) is 0 Å². The third-order valence-electron chi connectivity index (χ3n) is 4.27. The molecule has 0 aromatic heterocycles. The third kappa shape index (κ3) is 17.1. The van der Waals surface area contributed by atoms with E-state index in [0.29, 0.717) is 25.9 Å². The average molecular weight is 553 g/mol. The molecular formula is C27H40N2O8S. The molecule has 212 valence electrons. The quantitative estimate of drug-likeness (QED) is 0.405. The van der Waals surface area contributed by atoms with Crippen molar-refractivity contribution in [2.75, 3.05) is 19.3 Å². The molecule has 0 heterocycles. The zero-order chi connectivity index (χ0) is 29.0. The molecule has 11 heteroatoms. The summed E-state index contributed by atoms with van der Waals surface area (Å²) in [6.45, 7) is 11.8. The van der Waals surface area contributed by atoms with E-state index in [4.69, 9.17) is 18.8 Å². The van der Waals surface area contributed by atoms with Crippen LogP contribution >= 0.6 is 0 Å². The molecule has 0 bridgehead atoms. The second-order valence-corrected chi connectivity index (χ2v) is 12.0. The standard InChI is InChI=1S/C14H21NO5S.C13H19NO3/c1-14(2,3)19-13(16)15-10-9-11-5-7-12(8-6-11)20-21(4,17)18;1-13(2,3)17-12(16)14-9-8-10-4-6-11(15)7-5-10/h5-8H,9-10H2,1-4H3,(H,15,16);4-7,15H,8-9H2,1-3H3,(H,14,16). The molecule has 0 aliphatic rings. The van der Waals surface area contributed by atoms with Crippen molar-refractivity contribution in [2.24, 2.45) is 0 Å². The number of carbonyl (C=O) groups is 2. The summed E-state index contributed by atoms with van der Waals surface area (Å²) in [5.41, 5.74) is 1.02. The van der Waals surface area contributed by atoms with Crippen LogP contribution in [0.1, 0.15) is 52.7 Å². The molecule has 0 saturated heterocycles. The van der Waals surface area contributed by atoms with Crippen LogP contribution < -0.4 is 14.8 Å². The molecule has 0 unspecified atom stereocenters. The molecule has 0 atom stereocenters. The smallest absolute Gasteiger partial charge is 0.407 e. The summed E-state index contributed by atoms with van der Waals surface area (Å²) in [7, 11) is -3.51. The monoisotopic (exact) mass is 552 g/mol. The maximum Gasteiger partial charge on any atom is 0.407 e. The first-order chi connectivity index (χ1) is 17.4. The van der Waals surface area contributed by atoms with Gasteiger partial charge < -0.3 is 29.4 Å². The van der Waals surface area contributed by atoms with Gasteiger partial charge in [-0.3, -0.25) is 0 Å². The highest BCUT2D eigenvalue weighted by atomic mass is 32.2. The van der Waals surface area contributed by atoms with Crippen molar-refractivity contribution >= 4 is 22.3 Å². The number of benzene rings is 2. The van der Waals surface area contributed by atoms with Crippen LogP contribution in [0, 0.1) is 0 Å². The summed E-state index contributed by atoms with van der Waals surface area (Å²) in [4.78, 5) is 22.8. The third-order valence-corrected chi connectivity index (χ3v) is 4.77. The Morgan fingerprint density at radius 3 is 1.45 bits per heavy atom. The van der Waals surface area contributed by atoms with Crippen molar-refractivity contribution in [2.45, 2.75) is 65.6 Å². The van der Waals surface area contributed by atoms with Crippen molar-refractivity contribution in [1.82, 2.24) is 10.6 Å². The lowest BCUT2D eigenvalue weighted by molar-refractivity contribution is 0.0517. The summed E-state index contributed by atoms with van der Waals surface area (Å²) in [5.74, 6) is 0.509. The first-order valence-corrected chi connectivity index (χ1v) is 13.9. The van der Waals surface area contributed by atoms with E-state index in [-0.39, 0.29) is 11.5 Å². The van der Waals surface area contributed by atoms with Gasteiger partial charge in [0, 0.05) is 13.1 Å². The predicted octanol–water partition coefficient (Wildman–Crippen LogP) is 4.55. The number of nitrogens with one attached hydrogen (secondary N) is 2. The number of alkyl carbamates (subject to hydrolysis) is 2. The van der Waals surface area contributed by atoms with Crippen LogP contribution in [-0.4, -0.2) is 56.3 Å². The van der Waals surface area contributed by atoms with Gasteiger partial charge in [-0.2, -0.15) is 8.42 Å². The Morgan fingerprint density at radius 2 is 1.11 bits per heavy atom. The molecule has 0 radical (unpaired) electrons. The van der Waals surface area contributed by atoms with E-state index in [2.05, 4.69) is 10.6 Å². The maximum absolute atomic E-state index is 11.4. The lowest BCUT2D eigenvalue weighted by Gasteiger charge is -2.19. The minimum atomic E-state index is -3.51. The summed E-state index contributed by atoms with van der Waals surface area (Å²) in [5, 5.41) is 14.4. The van der Waals surface area contributed by atoms with Crippen LogP contribution in [0.5, 0.6) is 11.5 Å². The van der Waals surface area contributed by atoms with Crippen LogP contribution in [-0.2, 0) is 32.4 Å². The summed E-state index contributed by atoms with van der Waals surface area (Å²) < 4.78 is 36.9. The molecule has 10 nitrogen and oxygen atoms in total. The van der Waals surface area contributed by atoms with E-state index >= 15 is 0 Å². The fourth-order valence-electron chi connectivity index (χ4n) is 2.80. The first kappa shape index (κ1) is 32.6. The van der Waals surface area contributed by atoms with Gasteiger partial charge in [0.1, 0.15) is 22.7 Å². The maximum atomic E-state index is 11.4. The highest BCUT2D eigenvalue weighted by molar-refractivity contribution is 7.86. The van der Waals surface area contributed by atoms with E-state index in [1.807, 2.05) is 32.9 Å². The van der Waals surface area contributed by atoms with E-state index in [9.17, 15) is 18.0 Å². The van der Waals surface area contributed by atoms with Crippen LogP contribution in [0.2, 0.25) is 0 Å². The van der Waals surface area contributed by atoms with Gasteiger partial charge in [-0.25, -0.2) is 9.59 Å². The lowest BCUT2D eigenvalue weighted by Crippen LogP contribution is -2.33. The number of aromatic hydroxyl groups is 1. The van der Waals surface area contributed by atoms with Gasteiger partial charge in [0.2, 0.25) is 0 Å². The van der Waals surface area contributed by atoms with Gasteiger partial charge in [-0.1, -0.05) is 24.3 Å². The lowest BCUT2D eigenvalue weighted by atomic mass is 10.1. The van der Waals surface area contributed by atoms with E-state index in [1.165, 1.54) is 0 Å². The molecular weight excluding hydrogens is 512 g/mol. The largest absolute Gasteiger partial charge is 0.508 e. The zero-order valence-corrected chi connectivity index (χ0v) is 24.0. The first-order valence-electron chi connectivity index (χ1n) is 12.1. The predicted molar refractivity (Wildman–Crippen MR) is 146 cm³/mol. The number of ether oxygens (including phenoxy) is 2. The number of phenols is 1. The highest BCUT2D eigenvalue weighted by Crippen LogP contribution is 2.14. The Morgan fingerprint density at radius 1 is 0.737 bits per heavy atom. The number of hydrogen-bond acceptors (Lipinski definition) is 8. The van der Waals surface area contributed by atoms with Gasteiger partial charge >= 0.3 is 22.3 Å². The average Bonchev–Trinajstić information content (AvgIpc) is 2.73. The molecule has 3 N–H and O–H groups in total. The number of rotatable bonds is 8. The van der Waals surface area contributed by atoms with E-state index in [0.717, 1.165) is 17.4 Å². The molecule has 38 heavy (non-hydrogen) atoms. The molecule has 2 aromatic carbocycles. The molecule has 0 aliphatic heterocycles. The Kier molecular flexibility index (Phi) is 12.4. The SMILES string of the molecule is CC(C)(C)OC(=O)NCCc1ccc(O)cc1.CC(C)(C)OC(=O)NCCc1ccc(OS(C)(=O)=O)cc1. The minimum Gasteiger partial charge on any atom is -0.508 e. The second kappa shape index (κ2) is 14.5. The number of phenolic OH excluding ortho intramolecular Hbond substituents is 1. The van der Waals surface area contributed by atoms with Gasteiger partial charge in [0.15, 0.2) is 0 Å². The Hall–Kier alpha value is -3.47. The van der Waals surface area contributed by atoms with Crippen molar-refractivity contribution in [3.05, 3.63) is 59.7 Å².